The number of hydrogen-bond donors (Lipinski definition) is 3. The van der Waals surface area contributed by atoms with E-state index in [0.717, 1.165) is 17.7 Å². The van der Waals surface area contributed by atoms with Crippen LogP contribution in [0.5, 0.6) is 5.75 Å². The molecule has 0 unspecified atom stereocenters. The Bertz CT molecular complexity index is 1060. The number of aryl methyl sites for hydroxylation is 2. The summed E-state index contributed by atoms with van der Waals surface area (Å²) in [4.78, 5) is 24.4. The van der Waals surface area contributed by atoms with Gasteiger partial charge in [-0.3, -0.25) is 14.3 Å². The van der Waals surface area contributed by atoms with Gasteiger partial charge in [0, 0.05) is 42.7 Å². The number of anilines is 1. The Morgan fingerprint density at radius 3 is 2.47 bits per heavy atom. The summed E-state index contributed by atoms with van der Waals surface area (Å²) in [5.74, 6) is -3.30. The number of carbonyl (C=O) groups excluding carboxylic acids is 2. The van der Waals surface area contributed by atoms with E-state index < -0.39 is 23.4 Å². The summed E-state index contributed by atoms with van der Waals surface area (Å²) in [6.07, 6.45) is 4.31. The molecule has 156 valence electrons. The van der Waals surface area contributed by atoms with E-state index in [9.17, 15) is 23.5 Å². The van der Waals surface area contributed by atoms with Crippen molar-refractivity contribution in [1.82, 2.24) is 15.1 Å². The lowest BCUT2D eigenvalue weighted by Gasteiger charge is -2.10. The molecule has 0 aliphatic rings. The van der Waals surface area contributed by atoms with Crippen LogP contribution in [0.15, 0.2) is 48.8 Å². The molecule has 7 nitrogen and oxygen atoms in total. The highest BCUT2D eigenvalue weighted by Crippen LogP contribution is 2.22. The normalized spacial score (nSPS) is 10.6. The van der Waals surface area contributed by atoms with E-state index in [1.54, 1.807) is 10.9 Å². The number of aromatic nitrogens is 2. The van der Waals surface area contributed by atoms with Crippen LogP contribution in [0.25, 0.3) is 0 Å². The first-order valence-electron chi connectivity index (χ1n) is 9.19. The van der Waals surface area contributed by atoms with E-state index >= 15 is 0 Å². The van der Waals surface area contributed by atoms with Crippen molar-refractivity contribution in [3.05, 3.63) is 77.1 Å². The number of rotatable bonds is 7. The fraction of sp³-hybridized carbons (Fsp3) is 0.190. The van der Waals surface area contributed by atoms with Gasteiger partial charge in [0.05, 0.1) is 11.8 Å². The first kappa shape index (κ1) is 21.0. The molecule has 0 spiro atoms. The third kappa shape index (κ3) is 5.40. The zero-order valence-electron chi connectivity index (χ0n) is 16.2. The van der Waals surface area contributed by atoms with Crippen molar-refractivity contribution in [2.24, 2.45) is 0 Å². The number of phenols is 1. The minimum absolute atomic E-state index is 0.0414. The molecular formula is C21H20F2N4O3. The van der Waals surface area contributed by atoms with Crippen LogP contribution in [0.1, 0.15) is 32.7 Å². The average molecular weight is 414 g/mol. The van der Waals surface area contributed by atoms with Crippen LogP contribution < -0.4 is 10.6 Å². The van der Waals surface area contributed by atoms with Crippen molar-refractivity contribution < 1.29 is 23.5 Å². The smallest absolute Gasteiger partial charge is 0.255 e. The molecular weight excluding hydrogens is 394 g/mol. The number of phenolic OH excluding ortho intramolecular Hbond substituents is 1. The van der Waals surface area contributed by atoms with Gasteiger partial charge in [0.15, 0.2) is 0 Å². The minimum atomic E-state index is -0.877. The quantitative estimate of drug-likeness (QED) is 0.517. The summed E-state index contributed by atoms with van der Waals surface area (Å²) in [7, 11) is 0. The van der Waals surface area contributed by atoms with Crippen molar-refractivity contribution >= 4 is 17.5 Å². The second-order valence-electron chi connectivity index (χ2n) is 6.73. The Morgan fingerprint density at radius 2 is 1.83 bits per heavy atom. The van der Waals surface area contributed by atoms with E-state index in [2.05, 4.69) is 15.7 Å². The van der Waals surface area contributed by atoms with Gasteiger partial charge >= 0.3 is 0 Å². The molecule has 0 aliphatic heterocycles. The Hall–Kier alpha value is -3.75. The average Bonchev–Trinajstić information content (AvgIpc) is 3.09. The molecule has 30 heavy (non-hydrogen) atoms. The lowest BCUT2D eigenvalue weighted by molar-refractivity contribution is 0.0949. The fourth-order valence-corrected chi connectivity index (χ4v) is 2.82. The number of aromatic hydroxyl groups is 1. The molecule has 3 N–H and O–H groups in total. The summed E-state index contributed by atoms with van der Waals surface area (Å²) in [5, 5.41) is 19.4. The minimum Gasteiger partial charge on any atom is -0.507 e. The van der Waals surface area contributed by atoms with E-state index in [4.69, 9.17) is 0 Å². The molecule has 9 heteroatoms. The number of amides is 2. The van der Waals surface area contributed by atoms with Crippen LogP contribution in [0.3, 0.4) is 0 Å². The van der Waals surface area contributed by atoms with Gasteiger partial charge in [-0.15, -0.1) is 0 Å². The summed E-state index contributed by atoms with van der Waals surface area (Å²) in [6.45, 7) is 2.98. The Balaban J connectivity index is 1.56. The maximum Gasteiger partial charge on any atom is 0.255 e. The number of halogens is 2. The van der Waals surface area contributed by atoms with Crippen molar-refractivity contribution in [1.29, 1.82) is 0 Å². The highest BCUT2D eigenvalue weighted by molar-refractivity contribution is 6.05. The number of nitrogens with one attached hydrogen (secondary N) is 2. The lowest BCUT2D eigenvalue weighted by atomic mass is 10.1. The predicted octanol–water partition coefficient (Wildman–Crippen LogP) is 3.25. The van der Waals surface area contributed by atoms with Crippen LogP contribution >= 0.6 is 0 Å². The van der Waals surface area contributed by atoms with Crippen LogP contribution in [0.2, 0.25) is 0 Å². The van der Waals surface area contributed by atoms with Gasteiger partial charge < -0.3 is 15.7 Å². The third-order valence-electron chi connectivity index (χ3n) is 4.24. The van der Waals surface area contributed by atoms with E-state index in [-0.39, 0.29) is 22.6 Å². The standard InChI is InChI=1S/C21H20F2N4O3/c1-13-11-25-27(12-13)6-2-5-24-21(30)18-4-3-17(10-19(18)28)26-20(29)14-7-15(22)9-16(23)8-14/h3-4,7-12,28H,2,5-6H2,1H3,(H,24,30)(H,26,29). The van der Waals surface area contributed by atoms with Crippen molar-refractivity contribution in [2.45, 2.75) is 19.9 Å². The first-order valence-corrected chi connectivity index (χ1v) is 9.19. The largest absolute Gasteiger partial charge is 0.507 e. The molecule has 0 radical (unpaired) electrons. The molecule has 0 saturated heterocycles. The zero-order chi connectivity index (χ0) is 21.7. The number of hydrogen-bond acceptors (Lipinski definition) is 4. The SMILES string of the molecule is Cc1cnn(CCCNC(=O)c2ccc(NC(=O)c3cc(F)cc(F)c3)cc2O)c1. The number of nitrogens with zero attached hydrogens (tertiary/aromatic N) is 2. The van der Waals surface area contributed by atoms with Gasteiger partial charge in [0.1, 0.15) is 17.4 Å². The van der Waals surface area contributed by atoms with Gasteiger partial charge in [-0.1, -0.05) is 0 Å². The van der Waals surface area contributed by atoms with Crippen LogP contribution in [0.4, 0.5) is 14.5 Å². The molecule has 0 saturated carbocycles. The molecule has 0 aliphatic carbocycles. The molecule has 0 atom stereocenters. The predicted molar refractivity (Wildman–Crippen MR) is 106 cm³/mol. The summed E-state index contributed by atoms with van der Waals surface area (Å²) >= 11 is 0. The molecule has 0 bridgehead atoms. The zero-order valence-corrected chi connectivity index (χ0v) is 16.2. The Labute approximate surface area is 171 Å². The van der Waals surface area contributed by atoms with Gasteiger partial charge in [-0.2, -0.15) is 5.10 Å². The molecule has 1 aromatic heterocycles. The molecule has 2 amide bonds. The molecule has 3 aromatic rings. The topological polar surface area (TPSA) is 96.3 Å². The number of benzene rings is 2. The van der Waals surface area contributed by atoms with E-state index in [0.29, 0.717) is 25.6 Å². The first-order chi connectivity index (χ1) is 14.3. The van der Waals surface area contributed by atoms with Crippen molar-refractivity contribution in [3.8, 4) is 5.75 Å². The third-order valence-corrected chi connectivity index (χ3v) is 4.24. The summed E-state index contributed by atoms with van der Waals surface area (Å²) in [5.41, 5.74) is 1.06. The molecule has 1 heterocycles. The second-order valence-corrected chi connectivity index (χ2v) is 6.73. The monoisotopic (exact) mass is 414 g/mol. The number of carbonyl (C=O) groups is 2. The maximum atomic E-state index is 13.2. The fourth-order valence-electron chi connectivity index (χ4n) is 2.82. The van der Waals surface area contributed by atoms with Crippen LogP contribution in [-0.2, 0) is 6.54 Å². The van der Waals surface area contributed by atoms with E-state index in [1.807, 2.05) is 13.1 Å². The van der Waals surface area contributed by atoms with Crippen molar-refractivity contribution in [3.63, 3.8) is 0 Å². The maximum absolute atomic E-state index is 13.2. The molecule has 0 fully saturated rings. The molecule has 2 aromatic carbocycles. The highest BCUT2D eigenvalue weighted by Gasteiger charge is 2.14. The van der Waals surface area contributed by atoms with Gasteiger partial charge in [0.2, 0.25) is 0 Å². The Morgan fingerprint density at radius 1 is 1.10 bits per heavy atom. The second kappa shape index (κ2) is 9.17. The summed E-state index contributed by atoms with van der Waals surface area (Å²) < 4.78 is 28.3. The van der Waals surface area contributed by atoms with E-state index in [1.165, 1.54) is 18.2 Å². The van der Waals surface area contributed by atoms with Gasteiger partial charge in [-0.25, -0.2) is 8.78 Å². The van der Waals surface area contributed by atoms with Crippen LogP contribution in [-0.4, -0.2) is 33.2 Å². The van der Waals surface area contributed by atoms with Crippen LogP contribution in [0, 0.1) is 18.6 Å². The lowest BCUT2D eigenvalue weighted by Crippen LogP contribution is -2.25. The Kier molecular flexibility index (Phi) is 6.41. The van der Waals surface area contributed by atoms with Crippen molar-refractivity contribution in [2.75, 3.05) is 11.9 Å². The molecule has 3 rings (SSSR count). The highest BCUT2D eigenvalue weighted by atomic mass is 19.1. The van der Waals surface area contributed by atoms with Gasteiger partial charge in [-0.05, 0) is 43.2 Å². The summed E-state index contributed by atoms with van der Waals surface area (Å²) in [6, 6.07) is 6.40. The van der Waals surface area contributed by atoms with Gasteiger partial charge in [0.25, 0.3) is 11.8 Å².